The maximum Gasteiger partial charge on any atom is 0.339 e. The lowest BCUT2D eigenvalue weighted by molar-refractivity contribution is -0.137. The summed E-state index contributed by atoms with van der Waals surface area (Å²) in [6.07, 6.45) is 0.428. The number of morpholine rings is 1. The fourth-order valence-electron chi connectivity index (χ4n) is 5.70. The lowest BCUT2D eigenvalue weighted by atomic mass is 9.95. The minimum Gasteiger partial charge on any atom is -0.457 e. The number of anilines is 1. The first-order valence-corrected chi connectivity index (χ1v) is 16.8. The molecule has 2 heterocycles. The zero-order valence-corrected chi connectivity index (χ0v) is 28.9. The van der Waals surface area contributed by atoms with Gasteiger partial charge in [-0.1, -0.05) is 56.3 Å². The molecule has 4 aromatic rings. The number of aryl methyl sites for hydroxylation is 1. The maximum absolute atomic E-state index is 13.8. The average molecular weight is 691 g/mol. The summed E-state index contributed by atoms with van der Waals surface area (Å²) >= 11 is 0. The van der Waals surface area contributed by atoms with E-state index in [1.165, 1.54) is 6.07 Å². The Morgan fingerprint density at radius 2 is 1.57 bits per heavy atom. The van der Waals surface area contributed by atoms with Gasteiger partial charge in [0.2, 0.25) is 5.91 Å². The van der Waals surface area contributed by atoms with Crippen molar-refractivity contribution in [1.82, 2.24) is 15.2 Å². The molecule has 0 saturated carbocycles. The van der Waals surface area contributed by atoms with E-state index in [0.29, 0.717) is 60.8 Å². The van der Waals surface area contributed by atoms with Crippen molar-refractivity contribution in [3.8, 4) is 11.1 Å². The number of carbonyl (C=O) groups excluding carboxylic acids is 4. The van der Waals surface area contributed by atoms with Crippen molar-refractivity contribution in [3.63, 3.8) is 0 Å². The van der Waals surface area contributed by atoms with E-state index in [1.54, 1.807) is 60.4 Å². The number of aromatic nitrogens is 1. The van der Waals surface area contributed by atoms with Crippen LogP contribution < -0.4 is 16.4 Å². The summed E-state index contributed by atoms with van der Waals surface area (Å²) in [5.41, 5.74) is 8.78. The molecule has 0 unspecified atom stereocenters. The first-order valence-electron chi connectivity index (χ1n) is 16.8. The zero-order chi connectivity index (χ0) is 36.5. The van der Waals surface area contributed by atoms with Crippen LogP contribution >= 0.6 is 0 Å². The Kier molecular flexibility index (Phi) is 11.9. The van der Waals surface area contributed by atoms with Crippen LogP contribution in [0.15, 0.2) is 84.9 Å². The zero-order valence-electron chi connectivity index (χ0n) is 28.9. The number of amidine groups is 1. The number of amides is 3. The molecule has 12 heteroatoms. The van der Waals surface area contributed by atoms with Gasteiger partial charge in [-0.15, -0.1) is 0 Å². The molecule has 1 atom stereocenters. The summed E-state index contributed by atoms with van der Waals surface area (Å²) in [4.78, 5) is 60.9. The highest BCUT2D eigenvalue weighted by Gasteiger charge is 2.29. The normalized spacial score (nSPS) is 13.3. The highest BCUT2D eigenvalue weighted by Crippen LogP contribution is 2.30. The molecule has 3 amide bonds. The van der Waals surface area contributed by atoms with Gasteiger partial charge in [0.15, 0.2) is 0 Å². The first kappa shape index (κ1) is 36.4. The van der Waals surface area contributed by atoms with Crippen LogP contribution in [0, 0.1) is 18.3 Å². The fourth-order valence-corrected chi connectivity index (χ4v) is 5.70. The predicted octanol–water partition coefficient (Wildman–Crippen LogP) is 4.95. The molecule has 0 aliphatic carbocycles. The summed E-state index contributed by atoms with van der Waals surface area (Å²) in [5.74, 6) is -1.93. The number of esters is 1. The second kappa shape index (κ2) is 16.7. The Hall–Kier alpha value is -5.88. The molecule has 264 valence electrons. The van der Waals surface area contributed by atoms with Crippen molar-refractivity contribution in [2.24, 2.45) is 11.7 Å². The van der Waals surface area contributed by atoms with Gasteiger partial charge in [0.05, 0.1) is 18.8 Å². The minimum absolute atomic E-state index is 0.0181. The topological polar surface area (TPSA) is 177 Å². The van der Waals surface area contributed by atoms with Crippen LogP contribution in [0.1, 0.15) is 68.3 Å². The van der Waals surface area contributed by atoms with Crippen molar-refractivity contribution in [2.75, 3.05) is 31.6 Å². The molecule has 1 aliphatic rings. The van der Waals surface area contributed by atoms with Gasteiger partial charge < -0.3 is 30.7 Å². The molecule has 1 aliphatic heterocycles. The van der Waals surface area contributed by atoms with Gasteiger partial charge >= 0.3 is 5.97 Å². The summed E-state index contributed by atoms with van der Waals surface area (Å²) in [7, 11) is 0. The standard InChI is InChI=1S/C39H42N6O6/c1-24(2)21-33(38(48)45-17-19-50-20-18-45)44-36(46)28-12-16-30(32(22-28)39(49)51-23-26-7-5-4-6-8-26)31-15-9-25(3)42-34(31)37(47)43-29-13-10-27(11-14-29)35(40)41/h4-16,22,24,33H,17-21,23H2,1-3H3,(H3,40,41)(H,43,47)(H,44,46)/t33-/m0/s1. The van der Waals surface area contributed by atoms with Crippen LogP contribution in [0.2, 0.25) is 0 Å². The Labute approximate surface area is 296 Å². The highest BCUT2D eigenvalue weighted by molar-refractivity contribution is 6.10. The molecule has 1 aromatic heterocycles. The number of ether oxygens (including phenoxy) is 2. The van der Waals surface area contributed by atoms with Gasteiger partial charge in [0.1, 0.15) is 24.2 Å². The molecule has 0 bridgehead atoms. The Balaban J connectivity index is 1.49. The molecule has 1 saturated heterocycles. The number of nitrogens with zero attached hydrogens (tertiary/aromatic N) is 2. The molecule has 3 aromatic carbocycles. The van der Waals surface area contributed by atoms with E-state index in [9.17, 15) is 19.2 Å². The molecule has 51 heavy (non-hydrogen) atoms. The van der Waals surface area contributed by atoms with Gasteiger partial charge in [-0.05, 0) is 72.9 Å². The second-order valence-electron chi connectivity index (χ2n) is 12.7. The van der Waals surface area contributed by atoms with Gasteiger partial charge in [0, 0.05) is 41.2 Å². The quantitative estimate of drug-likeness (QED) is 0.0917. The van der Waals surface area contributed by atoms with Crippen LogP contribution in [0.3, 0.4) is 0 Å². The van der Waals surface area contributed by atoms with Crippen LogP contribution in [-0.4, -0.2) is 71.8 Å². The van der Waals surface area contributed by atoms with E-state index < -0.39 is 23.8 Å². The van der Waals surface area contributed by atoms with E-state index in [4.69, 9.17) is 20.6 Å². The Morgan fingerprint density at radius 3 is 2.24 bits per heavy atom. The van der Waals surface area contributed by atoms with E-state index in [1.807, 2.05) is 44.2 Å². The van der Waals surface area contributed by atoms with Crippen LogP contribution in [0.4, 0.5) is 5.69 Å². The summed E-state index contributed by atoms with van der Waals surface area (Å²) in [6.45, 7) is 7.44. The summed E-state index contributed by atoms with van der Waals surface area (Å²) in [5, 5.41) is 13.3. The fraction of sp³-hybridized carbons (Fsp3) is 0.282. The number of hydrogen-bond acceptors (Lipinski definition) is 8. The lowest BCUT2D eigenvalue weighted by Gasteiger charge is -2.31. The number of rotatable bonds is 12. The number of nitrogens with one attached hydrogen (secondary N) is 3. The molecule has 5 rings (SSSR count). The number of nitrogens with two attached hydrogens (primary N) is 1. The minimum atomic E-state index is -0.773. The number of pyridine rings is 1. The van der Waals surface area contributed by atoms with Crippen LogP contribution in [0.25, 0.3) is 11.1 Å². The number of nitrogen functional groups attached to an aromatic ring is 1. The van der Waals surface area contributed by atoms with Crippen LogP contribution in [0.5, 0.6) is 0 Å². The number of benzene rings is 3. The molecular formula is C39H42N6O6. The highest BCUT2D eigenvalue weighted by atomic mass is 16.5. The molecule has 5 N–H and O–H groups in total. The molecule has 0 radical (unpaired) electrons. The first-order chi connectivity index (χ1) is 24.5. The summed E-state index contributed by atoms with van der Waals surface area (Å²) in [6, 6.07) is 22.9. The smallest absolute Gasteiger partial charge is 0.339 e. The summed E-state index contributed by atoms with van der Waals surface area (Å²) < 4.78 is 11.1. The van der Waals surface area contributed by atoms with Crippen molar-refractivity contribution >= 4 is 35.2 Å². The molecule has 12 nitrogen and oxygen atoms in total. The monoisotopic (exact) mass is 690 g/mol. The van der Waals surface area contributed by atoms with E-state index in [-0.39, 0.29) is 41.1 Å². The third-order valence-corrected chi connectivity index (χ3v) is 8.34. The Morgan fingerprint density at radius 1 is 0.902 bits per heavy atom. The maximum atomic E-state index is 13.8. The van der Waals surface area contributed by atoms with Crippen molar-refractivity contribution in [3.05, 3.63) is 119 Å². The SMILES string of the molecule is Cc1ccc(-c2ccc(C(=O)N[C@@H](CC(C)C)C(=O)N3CCOCC3)cc2C(=O)OCc2ccccc2)c(C(=O)Nc2ccc(C(=N)N)cc2)n1. The van der Waals surface area contributed by atoms with Crippen LogP contribution in [-0.2, 0) is 20.9 Å². The number of carbonyl (C=O) groups is 4. The predicted molar refractivity (Wildman–Crippen MR) is 193 cm³/mol. The largest absolute Gasteiger partial charge is 0.457 e. The van der Waals surface area contributed by atoms with Gasteiger partial charge in [-0.3, -0.25) is 19.8 Å². The van der Waals surface area contributed by atoms with Crippen molar-refractivity contribution in [1.29, 1.82) is 5.41 Å². The molecular weight excluding hydrogens is 648 g/mol. The van der Waals surface area contributed by atoms with E-state index in [0.717, 1.165) is 5.56 Å². The third-order valence-electron chi connectivity index (χ3n) is 8.34. The van der Waals surface area contributed by atoms with Gasteiger partial charge in [0.25, 0.3) is 11.8 Å². The lowest BCUT2D eigenvalue weighted by Crippen LogP contribution is -2.52. The van der Waals surface area contributed by atoms with E-state index in [2.05, 4.69) is 15.6 Å². The van der Waals surface area contributed by atoms with Gasteiger partial charge in [-0.2, -0.15) is 0 Å². The van der Waals surface area contributed by atoms with Crippen molar-refractivity contribution < 1.29 is 28.7 Å². The van der Waals surface area contributed by atoms with Gasteiger partial charge in [-0.25, -0.2) is 9.78 Å². The average Bonchev–Trinajstić information content (AvgIpc) is 3.13. The Bertz CT molecular complexity index is 1910. The third kappa shape index (κ3) is 9.43. The second-order valence-corrected chi connectivity index (χ2v) is 12.7. The van der Waals surface area contributed by atoms with E-state index >= 15 is 0 Å². The number of hydrogen-bond donors (Lipinski definition) is 4. The molecule has 0 spiro atoms. The molecule has 1 fully saturated rings. The van der Waals surface area contributed by atoms with Crippen molar-refractivity contribution in [2.45, 2.75) is 39.8 Å².